The minimum atomic E-state index is -3.44. The Balaban J connectivity index is 2.49. The number of hydrogen-bond acceptors (Lipinski definition) is 10. The number of hydrogen-bond donors (Lipinski definition) is 1. The standard InChI is InChI=1S/C21H35N5O7P2/c1-16(2)26(17(3)4)34(32-12-7-10-22)24-14-18(9-13-35(29,30-5)31-6)33-20(15-24)25-11-8-19(27)23-21(25)28/h8-9,11,13,16-18,20H,7,12,14-15H2,1-6H3,(H,23,27,28)/b13-9+. The van der Waals surface area contributed by atoms with Crippen LogP contribution in [0, 0.1) is 11.3 Å². The molecule has 1 aliphatic rings. The van der Waals surface area contributed by atoms with E-state index in [0.29, 0.717) is 6.54 Å². The van der Waals surface area contributed by atoms with E-state index in [0.717, 1.165) is 0 Å². The van der Waals surface area contributed by atoms with E-state index >= 15 is 0 Å². The number of aromatic amines is 1. The molecule has 0 amide bonds. The highest BCUT2D eigenvalue weighted by atomic mass is 31.2. The van der Waals surface area contributed by atoms with E-state index in [9.17, 15) is 14.2 Å². The molecule has 0 aliphatic carbocycles. The number of morpholine rings is 1. The van der Waals surface area contributed by atoms with Gasteiger partial charge in [0, 0.05) is 50.9 Å². The molecule has 1 saturated heterocycles. The van der Waals surface area contributed by atoms with Crippen LogP contribution in [0.3, 0.4) is 0 Å². The van der Waals surface area contributed by atoms with Gasteiger partial charge in [0.1, 0.15) is 0 Å². The van der Waals surface area contributed by atoms with Gasteiger partial charge in [0.25, 0.3) is 5.56 Å². The Kier molecular flexibility index (Phi) is 11.5. The zero-order chi connectivity index (χ0) is 26.2. The summed E-state index contributed by atoms with van der Waals surface area (Å²) in [5.41, 5.74) is -1.12. The van der Waals surface area contributed by atoms with E-state index in [1.165, 1.54) is 36.9 Å². The van der Waals surface area contributed by atoms with Gasteiger partial charge in [0.2, 0.25) is 0 Å². The average molecular weight is 531 g/mol. The Hall–Kier alpha value is -1.67. The molecule has 1 fully saturated rings. The first-order valence-electron chi connectivity index (χ1n) is 11.3. The summed E-state index contributed by atoms with van der Waals surface area (Å²) in [5, 5.41) is 9.03. The monoisotopic (exact) mass is 531 g/mol. The lowest BCUT2D eigenvalue weighted by Gasteiger charge is -2.46. The smallest absolute Gasteiger partial charge is 0.348 e. The van der Waals surface area contributed by atoms with Crippen molar-refractivity contribution in [3.05, 3.63) is 45.0 Å². The van der Waals surface area contributed by atoms with Gasteiger partial charge in [-0.25, -0.2) is 14.1 Å². The third-order valence-corrected chi connectivity index (χ3v) is 9.26. The van der Waals surface area contributed by atoms with Crippen LogP contribution in [-0.2, 0) is 22.9 Å². The lowest BCUT2D eigenvalue weighted by molar-refractivity contribution is -0.0858. The van der Waals surface area contributed by atoms with Crippen molar-refractivity contribution >= 4 is 16.0 Å². The molecule has 3 atom stereocenters. The molecule has 1 aliphatic heterocycles. The first-order valence-corrected chi connectivity index (χ1v) is 14.0. The van der Waals surface area contributed by atoms with Crippen molar-refractivity contribution in [1.29, 1.82) is 5.26 Å². The first-order chi connectivity index (χ1) is 16.5. The van der Waals surface area contributed by atoms with Crippen LogP contribution in [-0.4, -0.2) is 71.0 Å². The van der Waals surface area contributed by atoms with E-state index in [1.807, 2.05) is 0 Å². The van der Waals surface area contributed by atoms with Crippen molar-refractivity contribution < 1.29 is 22.9 Å². The van der Waals surface area contributed by atoms with E-state index in [-0.39, 0.29) is 31.7 Å². The predicted molar refractivity (Wildman–Crippen MR) is 133 cm³/mol. The molecule has 12 nitrogen and oxygen atoms in total. The molecule has 196 valence electrons. The van der Waals surface area contributed by atoms with Gasteiger partial charge in [-0.1, -0.05) is 0 Å². The van der Waals surface area contributed by atoms with Crippen LogP contribution in [0.1, 0.15) is 40.3 Å². The molecule has 35 heavy (non-hydrogen) atoms. The molecule has 2 heterocycles. The Bertz CT molecular complexity index is 1040. The van der Waals surface area contributed by atoms with Crippen LogP contribution in [0.2, 0.25) is 0 Å². The molecule has 1 aromatic heterocycles. The van der Waals surface area contributed by atoms with Crippen LogP contribution in [0.4, 0.5) is 0 Å². The number of aromatic nitrogens is 2. The number of H-pyrrole nitrogens is 1. The fourth-order valence-electron chi connectivity index (χ4n) is 3.66. The molecular weight excluding hydrogens is 496 g/mol. The number of nitrogens with zero attached hydrogens (tertiary/aromatic N) is 4. The summed E-state index contributed by atoms with van der Waals surface area (Å²) >= 11 is 0. The van der Waals surface area contributed by atoms with Gasteiger partial charge in [-0.15, -0.1) is 0 Å². The van der Waals surface area contributed by atoms with Crippen molar-refractivity contribution in [2.24, 2.45) is 0 Å². The fourth-order valence-corrected chi connectivity index (χ4v) is 6.67. The Morgan fingerprint density at radius 3 is 2.49 bits per heavy atom. The molecule has 0 aromatic carbocycles. The van der Waals surface area contributed by atoms with Crippen molar-refractivity contribution in [3.8, 4) is 6.07 Å². The van der Waals surface area contributed by atoms with Gasteiger partial charge in [-0.3, -0.25) is 18.9 Å². The van der Waals surface area contributed by atoms with Crippen molar-refractivity contribution in [3.63, 3.8) is 0 Å². The number of nitriles is 1. The van der Waals surface area contributed by atoms with Gasteiger partial charge in [-0.05, 0) is 33.8 Å². The minimum absolute atomic E-state index is 0.136. The van der Waals surface area contributed by atoms with Gasteiger partial charge in [0.05, 0.1) is 31.7 Å². The Labute approximate surface area is 206 Å². The van der Waals surface area contributed by atoms with Crippen molar-refractivity contribution in [2.75, 3.05) is 33.9 Å². The van der Waals surface area contributed by atoms with Gasteiger partial charge < -0.3 is 18.3 Å². The maximum atomic E-state index is 12.6. The molecule has 0 bridgehead atoms. The first kappa shape index (κ1) is 29.6. The summed E-state index contributed by atoms with van der Waals surface area (Å²) in [5.74, 6) is 1.33. The molecule has 0 radical (unpaired) electrons. The summed E-state index contributed by atoms with van der Waals surface area (Å²) in [6, 6.07) is 3.62. The Morgan fingerprint density at radius 1 is 1.29 bits per heavy atom. The van der Waals surface area contributed by atoms with Crippen LogP contribution in [0.15, 0.2) is 33.7 Å². The van der Waals surface area contributed by atoms with E-state index in [1.54, 1.807) is 6.08 Å². The van der Waals surface area contributed by atoms with Crippen LogP contribution < -0.4 is 11.2 Å². The van der Waals surface area contributed by atoms with Gasteiger partial charge >= 0.3 is 13.3 Å². The number of ether oxygens (including phenoxy) is 1. The highest BCUT2D eigenvalue weighted by Gasteiger charge is 2.38. The van der Waals surface area contributed by atoms with Crippen molar-refractivity contribution in [1.82, 2.24) is 18.9 Å². The predicted octanol–water partition coefficient (Wildman–Crippen LogP) is 3.01. The third-order valence-electron chi connectivity index (χ3n) is 5.16. The lowest BCUT2D eigenvalue weighted by atomic mass is 10.3. The molecule has 0 spiro atoms. The quantitative estimate of drug-likeness (QED) is 0.316. The SMILES string of the molecule is COP(=O)(/C=C/C1CN(P(OCCC#N)N(C(C)C)C(C)C)CC(n2ccc(=O)[nH]c2=O)O1)OC. The van der Waals surface area contributed by atoms with Crippen LogP contribution in [0.5, 0.6) is 0 Å². The molecule has 0 saturated carbocycles. The number of rotatable bonds is 12. The van der Waals surface area contributed by atoms with Crippen LogP contribution >= 0.6 is 16.0 Å². The molecule has 1 aromatic rings. The zero-order valence-corrected chi connectivity index (χ0v) is 22.8. The maximum Gasteiger partial charge on any atom is 0.353 e. The maximum absolute atomic E-state index is 12.6. The second-order valence-electron chi connectivity index (χ2n) is 8.33. The second kappa shape index (κ2) is 13.6. The largest absolute Gasteiger partial charge is 0.353 e. The summed E-state index contributed by atoms with van der Waals surface area (Å²) in [7, 11) is -2.22. The summed E-state index contributed by atoms with van der Waals surface area (Å²) in [4.78, 5) is 26.4. The van der Waals surface area contributed by atoms with Gasteiger partial charge in [-0.2, -0.15) is 5.26 Å². The summed E-state index contributed by atoms with van der Waals surface area (Å²) in [6.45, 7) is 9.18. The van der Waals surface area contributed by atoms with Crippen molar-refractivity contribution in [2.45, 2.75) is 58.5 Å². The summed E-state index contributed by atoms with van der Waals surface area (Å²) in [6.07, 6.45) is 1.84. The van der Waals surface area contributed by atoms with E-state index in [4.69, 9.17) is 23.6 Å². The van der Waals surface area contributed by atoms with E-state index < -0.39 is 39.6 Å². The second-order valence-corrected chi connectivity index (χ2v) is 12.2. The van der Waals surface area contributed by atoms with Gasteiger partial charge in [0.15, 0.2) is 14.7 Å². The average Bonchev–Trinajstić information content (AvgIpc) is 2.81. The highest BCUT2D eigenvalue weighted by molar-refractivity contribution is 7.57. The Morgan fingerprint density at radius 2 is 1.94 bits per heavy atom. The minimum Gasteiger partial charge on any atom is -0.348 e. The molecular formula is C21H35N5O7P2. The molecule has 2 rings (SSSR count). The fraction of sp³-hybridized carbons (Fsp3) is 0.667. The molecule has 3 unspecified atom stereocenters. The lowest BCUT2D eigenvalue weighted by Crippen LogP contribution is -2.49. The van der Waals surface area contributed by atoms with E-state index in [2.05, 4.69) is 48.1 Å². The topological polar surface area (TPSA) is 139 Å². The number of nitrogens with one attached hydrogen (secondary N) is 1. The highest BCUT2D eigenvalue weighted by Crippen LogP contribution is 2.51. The zero-order valence-electron chi connectivity index (χ0n) is 21.0. The molecule has 14 heteroatoms. The molecule has 1 N–H and O–H groups in total. The third kappa shape index (κ3) is 8.17. The summed E-state index contributed by atoms with van der Waals surface area (Å²) < 4.78 is 40.5. The van der Waals surface area contributed by atoms with Crippen LogP contribution in [0.25, 0.3) is 0 Å². The normalized spacial score (nSPS) is 20.7.